The highest BCUT2D eigenvalue weighted by atomic mass is 19.1. The summed E-state index contributed by atoms with van der Waals surface area (Å²) in [5.74, 6) is -0.533. The van der Waals surface area contributed by atoms with Crippen molar-refractivity contribution in [1.29, 1.82) is 0 Å². The summed E-state index contributed by atoms with van der Waals surface area (Å²) in [5.41, 5.74) is 2.88. The van der Waals surface area contributed by atoms with Gasteiger partial charge in [0.05, 0.1) is 12.2 Å². The van der Waals surface area contributed by atoms with Gasteiger partial charge in [-0.05, 0) is 36.3 Å². The molecule has 0 unspecified atom stereocenters. The minimum Gasteiger partial charge on any atom is -0.287 e. The van der Waals surface area contributed by atoms with E-state index < -0.39 is 0 Å². The van der Waals surface area contributed by atoms with Gasteiger partial charge in [0.1, 0.15) is 5.82 Å². The largest absolute Gasteiger partial charge is 0.287 e. The summed E-state index contributed by atoms with van der Waals surface area (Å²) < 4.78 is 14.6. The molecule has 0 aliphatic rings. The zero-order valence-electron chi connectivity index (χ0n) is 13.2. The number of ketones is 1. The molecule has 0 fully saturated rings. The second-order valence-corrected chi connectivity index (χ2v) is 5.42. The quantitative estimate of drug-likeness (QED) is 0.532. The molecule has 0 saturated heterocycles. The summed E-state index contributed by atoms with van der Waals surface area (Å²) >= 11 is 0. The van der Waals surface area contributed by atoms with Crippen molar-refractivity contribution >= 4 is 11.9 Å². The van der Waals surface area contributed by atoms with Crippen LogP contribution in [0.4, 0.5) is 4.39 Å². The van der Waals surface area contributed by atoms with Gasteiger partial charge in [0.25, 0.3) is 0 Å². The maximum atomic E-state index is 12.9. The highest BCUT2D eigenvalue weighted by Gasteiger charge is 2.14. The molecule has 2 aromatic carbocycles. The van der Waals surface area contributed by atoms with Gasteiger partial charge in [-0.25, -0.2) is 9.07 Å². The molecule has 0 radical (unpaired) electrons. The fourth-order valence-corrected chi connectivity index (χ4v) is 2.32. The van der Waals surface area contributed by atoms with Crippen LogP contribution in [-0.2, 0) is 6.54 Å². The molecule has 0 N–H and O–H groups in total. The van der Waals surface area contributed by atoms with Crippen molar-refractivity contribution in [2.75, 3.05) is 0 Å². The predicted molar refractivity (Wildman–Crippen MR) is 90.1 cm³/mol. The second-order valence-electron chi connectivity index (χ2n) is 5.42. The molecule has 0 spiro atoms. The van der Waals surface area contributed by atoms with Crippen LogP contribution in [0.2, 0.25) is 0 Å². The molecule has 5 heteroatoms. The second kappa shape index (κ2) is 7.00. The number of hydrogen-bond donors (Lipinski definition) is 0. The normalized spacial score (nSPS) is 11.1. The predicted octanol–water partition coefficient (Wildman–Crippen LogP) is 3.67. The van der Waals surface area contributed by atoms with E-state index in [2.05, 4.69) is 10.3 Å². The minimum atomic E-state index is -0.307. The maximum absolute atomic E-state index is 12.9. The Kier molecular flexibility index (Phi) is 4.61. The van der Waals surface area contributed by atoms with Crippen molar-refractivity contribution in [1.82, 2.24) is 15.0 Å². The van der Waals surface area contributed by atoms with Gasteiger partial charge < -0.3 is 0 Å². The SMILES string of the molecule is Cc1c(C(=O)/C=C/c2ccc(F)cc2)nnn1Cc1ccccc1. The van der Waals surface area contributed by atoms with E-state index in [9.17, 15) is 9.18 Å². The molecular weight excluding hydrogens is 305 g/mol. The summed E-state index contributed by atoms with van der Waals surface area (Å²) in [4.78, 5) is 12.3. The molecule has 0 saturated carbocycles. The average Bonchev–Trinajstić information content (AvgIpc) is 2.96. The number of hydrogen-bond acceptors (Lipinski definition) is 3. The highest BCUT2D eigenvalue weighted by molar-refractivity contribution is 6.06. The number of nitrogens with zero attached hydrogens (tertiary/aromatic N) is 3. The van der Waals surface area contributed by atoms with E-state index in [1.807, 2.05) is 37.3 Å². The van der Waals surface area contributed by atoms with Crippen LogP contribution in [0, 0.1) is 12.7 Å². The Labute approximate surface area is 139 Å². The molecule has 3 aromatic rings. The molecule has 24 heavy (non-hydrogen) atoms. The van der Waals surface area contributed by atoms with Crippen molar-refractivity contribution in [3.63, 3.8) is 0 Å². The Morgan fingerprint density at radius 1 is 1.12 bits per heavy atom. The number of carbonyl (C=O) groups is 1. The summed E-state index contributed by atoms with van der Waals surface area (Å²) in [5, 5.41) is 8.05. The summed E-state index contributed by atoms with van der Waals surface area (Å²) in [7, 11) is 0. The van der Waals surface area contributed by atoms with Gasteiger partial charge in [-0.3, -0.25) is 4.79 Å². The number of halogens is 1. The third kappa shape index (κ3) is 3.63. The molecule has 4 nitrogen and oxygen atoms in total. The van der Waals surface area contributed by atoms with Gasteiger partial charge in [-0.15, -0.1) is 5.10 Å². The Morgan fingerprint density at radius 2 is 1.83 bits per heavy atom. The molecule has 1 heterocycles. The van der Waals surface area contributed by atoms with Crippen molar-refractivity contribution in [2.24, 2.45) is 0 Å². The molecule has 3 rings (SSSR count). The lowest BCUT2D eigenvalue weighted by Crippen LogP contribution is -2.05. The van der Waals surface area contributed by atoms with Crippen LogP contribution in [0.15, 0.2) is 60.7 Å². The standard InChI is InChI=1S/C19H16FN3O/c1-14-19(18(24)12-9-15-7-10-17(20)11-8-15)21-22-23(14)13-16-5-3-2-4-6-16/h2-12H,13H2,1H3/b12-9+. The van der Waals surface area contributed by atoms with Gasteiger partial charge >= 0.3 is 0 Å². The van der Waals surface area contributed by atoms with Gasteiger partial charge in [-0.2, -0.15) is 0 Å². The number of benzene rings is 2. The molecule has 1 aromatic heterocycles. The third-order valence-electron chi connectivity index (χ3n) is 3.69. The molecule has 0 aliphatic heterocycles. The lowest BCUT2D eigenvalue weighted by Gasteiger charge is -2.03. The fourth-order valence-electron chi connectivity index (χ4n) is 2.32. The van der Waals surface area contributed by atoms with Gasteiger partial charge in [0.15, 0.2) is 5.69 Å². The summed E-state index contributed by atoms with van der Waals surface area (Å²) in [6.07, 6.45) is 3.06. The summed E-state index contributed by atoms with van der Waals surface area (Å²) in [6, 6.07) is 15.8. The van der Waals surface area contributed by atoms with Crippen LogP contribution in [0.3, 0.4) is 0 Å². The number of carbonyl (C=O) groups excluding carboxylic acids is 1. The van der Waals surface area contributed by atoms with Crippen molar-refractivity contribution in [3.05, 3.63) is 89.0 Å². The topological polar surface area (TPSA) is 47.8 Å². The van der Waals surface area contributed by atoms with Crippen LogP contribution >= 0.6 is 0 Å². The Hall–Kier alpha value is -3.08. The van der Waals surface area contributed by atoms with Crippen molar-refractivity contribution in [2.45, 2.75) is 13.5 Å². The van der Waals surface area contributed by atoms with Crippen LogP contribution in [0.1, 0.15) is 27.3 Å². The maximum Gasteiger partial charge on any atom is 0.208 e. The van der Waals surface area contributed by atoms with Crippen LogP contribution in [0.25, 0.3) is 6.08 Å². The number of rotatable bonds is 5. The first-order valence-electron chi connectivity index (χ1n) is 7.55. The molecule has 0 amide bonds. The Morgan fingerprint density at radius 3 is 2.54 bits per heavy atom. The monoisotopic (exact) mass is 321 g/mol. The first-order chi connectivity index (χ1) is 11.6. The third-order valence-corrected chi connectivity index (χ3v) is 3.69. The van der Waals surface area contributed by atoms with E-state index in [4.69, 9.17) is 0 Å². The van der Waals surface area contributed by atoms with E-state index in [-0.39, 0.29) is 11.6 Å². The molecule has 120 valence electrons. The van der Waals surface area contributed by atoms with Crippen LogP contribution in [-0.4, -0.2) is 20.8 Å². The number of allylic oxidation sites excluding steroid dienone is 1. The van der Waals surface area contributed by atoms with Gasteiger partial charge in [-0.1, -0.05) is 53.8 Å². The van der Waals surface area contributed by atoms with E-state index >= 15 is 0 Å². The molecular formula is C19H16FN3O. The van der Waals surface area contributed by atoms with E-state index in [1.165, 1.54) is 18.2 Å². The van der Waals surface area contributed by atoms with E-state index in [0.717, 1.165) is 11.1 Å². The zero-order chi connectivity index (χ0) is 16.9. The highest BCUT2D eigenvalue weighted by Crippen LogP contribution is 2.11. The van der Waals surface area contributed by atoms with Crippen molar-refractivity contribution in [3.8, 4) is 0 Å². The van der Waals surface area contributed by atoms with E-state index in [0.29, 0.717) is 17.9 Å². The Bertz CT molecular complexity index is 867. The molecule has 0 bridgehead atoms. The van der Waals surface area contributed by atoms with Crippen LogP contribution in [0.5, 0.6) is 0 Å². The summed E-state index contributed by atoms with van der Waals surface area (Å²) in [6.45, 7) is 2.39. The first-order valence-corrected chi connectivity index (χ1v) is 7.55. The molecule has 0 atom stereocenters. The molecule has 0 aliphatic carbocycles. The smallest absolute Gasteiger partial charge is 0.208 e. The van der Waals surface area contributed by atoms with Crippen LogP contribution < -0.4 is 0 Å². The van der Waals surface area contributed by atoms with Crippen molar-refractivity contribution < 1.29 is 9.18 Å². The minimum absolute atomic E-state index is 0.226. The van der Waals surface area contributed by atoms with Gasteiger partial charge in [0, 0.05) is 0 Å². The lowest BCUT2D eigenvalue weighted by molar-refractivity contribution is 0.104. The lowest BCUT2D eigenvalue weighted by atomic mass is 10.1. The zero-order valence-corrected chi connectivity index (χ0v) is 13.2. The first kappa shape index (κ1) is 15.8. The fraction of sp³-hybridized carbons (Fsp3) is 0.105. The average molecular weight is 321 g/mol. The number of aromatic nitrogens is 3. The van der Waals surface area contributed by atoms with E-state index in [1.54, 1.807) is 22.9 Å². The van der Waals surface area contributed by atoms with Gasteiger partial charge in [0.2, 0.25) is 5.78 Å². The Balaban J connectivity index is 1.75.